The summed E-state index contributed by atoms with van der Waals surface area (Å²) < 4.78 is 3.79. The summed E-state index contributed by atoms with van der Waals surface area (Å²) in [4.78, 5) is 21.6. The fraction of sp³-hybridized carbons (Fsp3) is 0.611. The van der Waals surface area contributed by atoms with Gasteiger partial charge >= 0.3 is 0 Å². The molecule has 3 rings (SSSR count). The summed E-state index contributed by atoms with van der Waals surface area (Å²) in [5.74, 6) is 1.29. The molecule has 0 saturated carbocycles. The number of carbonyl (C=O) groups is 1. The predicted octanol–water partition coefficient (Wildman–Crippen LogP) is 2.24. The summed E-state index contributed by atoms with van der Waals surface area (Å²) in [5.41, 5.74) is 0.460. The minimum atomic E-state index is -0.0505. The summed E-state index contributed by atoms with van der Waals surface area (Å²) in [6, 6.07) is 0. The van der Waals surface area contributed by atoms with Gasteiger partial charge in [0, 0.05) is 45.0 Å². The van der Waals surface area contributed by atoms with E-state index in [0.29, 0.717) is 17.3 Å². The molecule has 1 atom stereocenters. The SMILES string of the molecule is CN(C)CCCn1ccnc1[C@@H]1CCCN(C(=O)c2c(Cl)cnn2C)C1. The van der Waals surface area contributed by atoms with Crippen LogP contribution < -0.4 is 0 Å². The highest BCUT2D eigenvalue weighted by molar-refractivity contribution is 6.33. The molecule has 0 unspecified atom stereocenters. The van der Waals surface area contributed by atoms with Gasteiger partial charge in [-0.05, 0) is 39.9 Å². The highest BCUT2D eigenvalue weighted by atomic mass is 35.5. The normalized spacial score (nSPS) is 17.9. The van der Waals surface area contributed by atoms with E-state index in [4.69, 9.17) is 11.6 Å². The Bertz CT molecular complexity index is 733. The van der Waals surface area contributed by atoms with Gasteiger partial charge in [-0.2, -0.15) is 5.10 Å². The lowest BCUT2D eigenvalue weighted by Gasteiger charge is -2.32. The largest absolute Gasteiger partial charge is 0.337 e. The number of aromatic nitrogens is 4. The Morgan fingerprint density at radius 1 is 1.42 bits per heavy atom. The van der Waals surface area contributed by atoms with E-state index in [9.17, 15) is 4.79 Å². The molecule has 2 aromatic rings. The van der Waals surface area contributed by atoms with Crippen molar-refractivity contribution in [2.45, 2.75) is 31.7 Å². The third-order valence-electron chi connectivity index (χ3n) is 4.92. The molecule has 1 amide bonds. The minimum Gasteiger partial charge on any atom is -0.337 e. The van der Waals surface area contributed by atoms with E-state index in [1.165, 1.54) is 6.20 Å². The molecule has 3 heterocycles. The molecule has 0 aromatic carbocycles. The standard InChI is InChI=1S/C18H27ClN6O/c1-22(2)8-5-10-24-11-7-20-17(24)14-6-4-9-25(13-14)18(26)16-15(19)12-21-23(16)3/h7,11-12,14H,4-6,8-10,13H2,1-3H3/t14-/m1/s1. The van der Waals surface area contributed by atoms with Gasteiger partial charge in [-0.1, -0.05) is 11.6 Å². The lowest BCUT2D eigenvalue weighted by Crippen LogP contribution is -2.40. The van der Waals surface area contributed by atoms with Gasteiger partial charge in [0.2, 0.25) is 0 Å². The van der Waals surface area contributed by atoms with E-state index in [-0.39, 0.29) is 11.8 Å². The van der Waals surface area contributed by atoms with Gasteiger partial charge in [0.25, 0.3) is 5.91 Å². The van der Waals surface area contributed by atoms with Crippen molar-refractivity contribution in [3.8, 4) is 0 Å². The van der Waals surface area contributed by atoms with Gasteiger partial charge in [-0.25, -0.2) is 4.98 Å². The number of carbonyl (C=O) groups excluding carboxylic acids is 1. The number of aryl methyl sites for hydroxylation is 2. The Hall–Kier alpha value is -1.86. The van der Waals surface area contributed by atoms with Crippen molar-refractivity contribution in [3.63, 3.8) is 0 Å². The van der Waals surface area contributed by atoms with E-state index in [0.717, 1.165) is 44.7 Å². The Labute approximate surface area is 159 Å². The van der Waals surface area contributed by atoms with Crippen LogP contribution in [0, 0.1) is 0 Å². The summed E-state index contributed by atoms with van der Waals surface area (Å²) in [6.45, 7) is 3.42. The smallest absolute Gasteiger partial charge is 0.273 e. The topological polar surface area (TPSA) is 59.2 Å². The van der Waals surface area contributed by atoms with Crippen LogP contribution >= 0.6 is 11.6 Å². The summed E-state index contributed by atoms with van der Waals surface area (Å²) in [6.07, 6.45) is 8.53. The van der Waals surface area contributed by atoms with Crippen molar-refractivity contribution >= 4 is 17.5 Å². The molecule has 1 aliphatic rings. The van der Waals surface area contributed by atoms with Gasteiger partial charge in [-0.15, -0.1) is 0 Å². The second kappa shape index (κ2) is 8.22. The number of likely N-dealkylation sites (tertiary alicyclic amines) is 1. The molecule has 142 valence electrons. The highest BCUT2D eigenvalue weighted by Gasteiger charge is 2.30. The van der Waals surface area contributed by atoms with Gasteiger partial charge in [0.05, 0.1) is 11.2 Å². The molecule has 7 nitrogen and oxygen atoms in total. The van der Waals surface area contributed by atoms with Crippen molar-refractivity contribution in [1.29, 1.82) is 0 Å². The lowest BCUT2D eigenvalue weighted by molar-refractivity contribution is 0.0692. The van der Waals surface area contributed by atoms with Gasteiger partial charge < -0.3 is 14.4 Å². The molecule has 0 spiro atoms. The molecular weight excluding hydrogens is 352 g/mol. The monoisotopic (exact) mass is 378 g/mol. The molecule has 8 heteroatoms. The van der Waals surface area contributed by atoms with E-state index >= 15 is 0 Å². The number of hydrogen-bond donors (Lipinski definition) is 0. The summed E-state index contributed by atoms with van der Waals surface area (Å²) in [7, 11) is 5.92. The number of piperidine rings is 1. The minimum absolute atomic E-state index is 0.0505. The Morgan fingerprint density at radius 2 is 2.23 bits per heavy atom. The fourth-order valence-electron chi connectivity index (χ4n) is 3.60. The molecule has 0 radical (unpaired) electrons. The van der Waals surface area contributed by atoms with Crippen LogP contribution in [-0.2, 0) is 13.6 Å². The van der Waals surface area contributed by atoms with E-state index in [1.807, 2.05) is 17.3 Å². The van der Waals surface area contributed by atoms with Crippen LogP contribution in [0.15, 0.2) is 18.6 Å². The van der Waals surface area contributed by atoms with E-state index < -0.39 is 0 Å². The zero-order chi connectivity index (χ0) is 18.7. The Morgan fingerprint density at radius 3 is 2.92 bits per heavy atom. The van der Waals surface area contributed by atoms with Crippen LogP contribution in [0.2, 0.25) is 5.02 Å². The number of nitrogens with zero attached hydrogens (tertiary/aromatic N) is 6. The van der Waals surface area contributed by atoms with Crippen LogP contribution in [0.5, 0.6) is 0 Å². The van der Waals surface area contributed by atoms with Crippen molar-refractivity contribution in [3.05, 3.63) is 35.1 Å². The van der Waals surface area contributed by atoms with Crippen molar-refractivity contribution in [1.82, 2.24) is 29.1 Å². The molecule has 0 N–H and O–H groups in total. The van der Waals surface area contributed by atoms with Gasteiger partial charge in [0.1, 0.15) is 11.5 Å². The fourth-order valence-corrected chi connectivity index (χ4v) is 3.85. The number of halogens is 1. The molecule has 0 aliphatic carbocycles. The third-order valence-corrected chi connectivity index (χ3v) is 5.20. The zero-order valence-corrected chi connectivity index (χ0v) is 16.5. The van der Waals surface area contributed by atoms with E-state index in [1.54, 1.807) is 11.7 Å². The van der Waals surface area contributed by atoms with Crippen LogP contribution in [0.4, 0.5) is 0 Å². The molecule has 0 bridgehead atoms. The molecular formula is C18H27ClN6O. The third kappa shape index (κ3) is 4.10. The zero-order valence-electron chi connectivity index (χ0n) is 15.7. The maximum atomic E-state index is 12.9. The number of rotatable bonds is 6. The maximum Gasteiger partial charge on any atom is 0.273 e. The van der Waals surface area contributed by atoms with E-state index in [2.05, 4.69) is 33.6 Å². The Kier molecular flexibility index (Phi) is 5.98. The second-order valence-electron chi connectivity index (χ2n) is 7.19. The summed E-state index contributed by atoms with van der Waals surface area (Å²) in [5, 5.41) is 4.49. The highest BCUT2D eigenvalue weighted by Crippen LogP contribution is 2.28. The molecule has 1 saturated heterocycles. The van der Waals surface area contributed by atoms with Crippen molar-refractivity contribution in [2.24, 2.45) is 7.05 Å². The Balaban J connectivity index is 1.69. The quantitative estimate of drug-likeness (QED) is 0.773. The second-order valence-corrected chi connectivity index (χ2v) is 7.60. The van der Waals surface area contributed by atoms with Crippen LogP contribution in [0.25, 0.3) is 0 Å². The van der Waals surface area contributed by atoms with Gasteiger partial charge in [0.15, 0.2) is 0 Å². The van der Waals surface area contributed by atoms with Crippen LogP contribution in [0.1, 0.15) is 41.5 Å². The average molecular weight is 379 g/mol. The van der Waals surface area contributed by atoms with Gasteiger partial charge in [-0.3, -0.25) is 9.48 Å². The number of amides is 1. The first-order valence-corrected chi connectivity index (χ1v) is 9.47. The first-order valence-electron chi connectivity index (χ1n) is 9.10. The number of hydrogen-bond acceptors (Lipinski definition) is 4. The number of imidazole rings is 1. The van der Waals surface area contributed by atoms with Crippen LogP contribution in [-0.4, -0.2) is 68.8 Å². The molecule has 2 aromatic heterocycles. The van der Waals surface area contributed by atoms with Crippen molar-refractivity contribution in [2.75, 3.05) is 33.7 Å². The predicted molar refractivity (Wildman–Crippen MR) is 101 cm³/mol. The first-order chi connectivity index (χ1) is 12.5. The molecule has 1 fully saturated rings. The molecule has 1 aliphatic heterocycles. The van der Waals surface area contributed by atoms with Crippen LogP contribution in [0.3, 0.4) is 0 Å². The first kappa shape index (κ1) is 18.9. The van der Waals surface area contributed by atoms with Crippen molar-refractivity contribution < 1.29 is 4.79 Å². The summed E-state index contributed by atoms with van der Waals surface area (Å²) >= 11 is 6.15. The lowest BCUT2D eigenvalue weighted by atomic mass is 9.96. The molecule has 26 heavy (non-hydrogen) atoms. The average Bonchev–Trinajstić information content (AvgIpc) is 3.21. The maximum absolute atomic E-state index is 12.9.